The lowest BCUT2D eigenvalue weighted by Gasteiger charge is -2.16. The Balaban J connectivity index is 2.21. The van der Waals surface area contributed by atoms with Crippen molar-refractivity contribution < 1.29 is 27.6 Å². The number of rotatable bonds is 6. The maximum absolute atomic E-state index is 13.6. The van der Waals surface area contributed by atoms with Crippen molar-refractivity contribution in [2.75, 3.05) is 6.61 Å². The van der Waals surface area contributed by atoms with Crippen molar-refractivity contribution in [1.82, 2.24) is 4.57 Å². The summed E-state index contributed by atoms with van der Waals surface area (Å²) < 4.78 is 52.6. The van der Waals surface area contributed by atoms with Gasteiger partial charge in [-0.15, -0.1) is 0 Å². The van der Waals surface area contributed by atoms with Crippen molar-refractivity contribution in [2.45, 2.75) is 6.92 Å². The Morgan fingerprint density at radius 1 is 1.03 bits per heavy atom. The molecule has 0 N–H and O–H groups in total. The number of non-ortho nitro benzene ring substituents is 1. The highest BCUT2D eigenvalue weighted by molar-refractivity contribution is 5.77. The SMILES string of the molecule is CCOc1cc(=O)n(C)cc1-c1cc([N+](=O)[O-])ccc1Oc1cc(F)c(F)c(F)c1. The van der Waals surface area contributed by atoms with Gasteiger partial charge in [-0.2, -0.15) is 0 Å². The lowest BCUT2D eigenvalue weighted by molar-refractivity contribution is -0.384. The van der Waals surface area contributed by atoms with E-state index in [0.29, 0.717) is 12.1 Å². The molecule has 10 heteroatoms. The average molecular weight is 420 g/mol. The van der Waals surface area contributed by atoms with Gasteiger partial charge in [0, 0.05) is 54.7 Å². The fraction of sp³-hybridized carbons (Fsp3) is 0.150. The highest BCUT2D eigenvalue weighted by Crippen LogP contribution is 2.40. The second kappa shape index (κ2) is 8.27. The van der Waals surface area contributed by atoms with Crippen LogP contribution >= 0.6 is 0 Å². The molecule has 1 heterocycles. The number of hydrogen-bond donors (Lipinski definition) is 0. The van der Waals surface area contributed by atoms with Gasteiger partial charge in [0.1, 0.15) is 17.2 Å². The highest BCUT2D eigenvalue weighted by atomic mass is 19.2. The molecule has 30 heavy (non-hydrogen) atoms. The van der Waals surface area contributed by atoms with Crippen molar-refractivity contribution in [2.24, 2.45) is 7.05 Å². The zero-order valence-electron chi connectivity index (χ0n) is 15.8. The number of hydrogen-bond acceptors (Lipinski definition) is 5. The van der Waals surface area contributed by atoms with Crippen LogP contribution in [0.1, 0.15) is 6.92 Å². The van der Waals surface area contributed by atoms with Crippen LogP contribution in [0.3, 0.4) is 0 Å². The number of nitrogens with zero attached hydrogens (tertiary/aromatic N) is 2. The summed E-state index contributed by atoms with van der Waals surface area (Å²) in [5, 5.41) is 11.3. The molecule has 3 aromatic rings. The van der Waals surface area contributed by atoms with Gasteiger partial charge in [-0.3, -0.25) is 14.9 Å². The fourth-order valence-corrected chi connectivity index (χ4v) is 2.74. The molecule has 0 aliphatic carbocycles. The minimum Gasteiger partial charge on any atom is -0.493 e. The normalized spacial score (nSPS) is 10.7. The Bertz CT molecular complexity index is 1170. The van der Waals surface area contributed by atoms with Crippen LogP contribution in [-0.4, -0.2) is 16.1 Å². The minimum absolute atomic E-state index is 0.0226. The first kappa shape index (κ1) is 20.9. The molecule has 156 valence electrons. The standard InChI is InChI=1S/C20H15F3N2O5/c1-3-29-18-9-19(26)24(2)10-14(18)13-6-11(25(27)28)4-5-17(13)30-12-7-15(21)20(23)16(22)8-12/h4-10H,3H2,1-2H3. The Morgan fingerprint density at radius 3 is 2.30 bits per heavy atom. The molecule has 0 saturated carbocycles. The van der Waals surface area contributed by atoms with Gasteiger partial charge in [-0.1, -0.05) is 0 Å². The predicted molar refractivity (Wildman–Crippen MR) is 101 cm³/mol. The van der Waals surface area contributed by atoms with Crippen LogP contribution < -0.4 is 15.0 Å². The molecule has 1 aromatic heterocycles. The molecule has 2 aromatic carbocycles. The molecule has 0 bridgehead atoms. The minimum atomic E-state index is -1.65. The van der Waals surface area contributed by atoms with E-state index in [0.717, 1.165) is 6.07 Å². The van der Waals surface area contributed by atoms with Crippen LogP contribution in [0, 0.1) is 27.6 Å². The molecule has 0 fully saturated rings. The van der Waals surface area contributed by atoms with Crippen LogP contribution in [0.2, 0.25) is 0 Å². The fourth-order valence-electron chi connectivity index (χ4n) is 2.74. The molecule has 0 radical (unpaired) electrons. The van der Waals surface area contributed by atoms with Crippen molar-refractivity contribution >= 4 is 5.69 Å². The van der Waals surface area contributed by atoms with Crippen LogP contribution in [0.25, 0.3) is 11.1 Å². The molecule has 0 aliphatic rings. The number of nitro groups is 1. The number of ether oxygens (including phenoxy) is 2. The van der Waals surface area contributed by atoms with Crippen molar-refractivity contribution in [3.63, 3.8) is 0 Å². The van der Waals surface area contributed by atoms with E-state index in [2.05, 4.69) is 0 Å². The van der Waals surface area contributed by atoms with E-state index >= 15 is 0 Å². The zero-order valence-corrected chi connectivity index (χ0v) is 15.8. The predicted octanol–water partition coefficient (Wildman–Crippen LogP) is 4.57. The van der Waals surface area contributed by atoms with E-state index in [1.807, 2.05) is 0 Å². The van der Waals surface area contributed by atoms with E-state index in [9.17, 15) is 28.1 Å². The molecule has 3 rings (SSSR count). The van der Waals surface area contributed by atoms with Crippen LogP contribution in [0.15, 0.2) is 47.4 Å². The van der Waals surface area contributed by atoms with E-state index < -0.39 is 22.4 Å². The summed E-state index contributed by atoms with van der Waals surface area (Å²) in [5.41, 5.74) is -0.253. The number of benzene rings is 2. The lowest BCUT2D eigenvalue weighted by Crippen LogP contribution is -2.16. The quantitative estimate of drug-likeness (QED) is 0.331. The second-order valence-electron chi connectivity index (χ2n) is 6.17. The highest BCUT2D eigenvalue weighted by Gasteiger charge is 2.20. The number of pyridine rings is 1. The van der Waals surface area contributed by atoms with Gasteiger partial charge < -0.3 is 14.0 Å². The average Bonchev–Trinajstić information content (AvgIpc) is 2.69. The van der Waals surface area contributed by atoms with Gasteiger partial charge in [0.25, 0.3) is 11.2 Å². The first-order chi connectivity index (χ1) is 14.2. The van der Waals surface area contributed by atoms with E-state index in [-0.39, 0.29) is 46.2 Å². The third-order valence-corrected chi connectivity index (χ3v) is 4.14. The maximum Gasteiger partial charge on any atom is 0.270 e. The topological polar surface area (TPSA) is 83.6 Å². The van der Waals surface area contributed by atoms with Crippen molar-refractivity contribution in [1.29, 1.82) is 0 Å². The molecular formula is C20H15F3N2O5. The molecule has 0 spiro atoms. The molecular weight excluding hydrogens is 405 g/mol. The molecule has 0 aliphatic heterocycles. The number of aryl methyl sites for hydroxylation is 1. The van der Waals surface area contributed by atoms with Gasteiger partial charge in [-0.25, -0.2) is 13.2 Å². The zero-order chi connectivity index (χ0) is 22.0. The summed E-state index contributed by atoms with van der Waals surface area (Å²) in [6, 6.07) is 6.04. The Morgan fingerprint density at radius 2 is 1.70 bits per heavy atom. The summed E-state index contributed by atoms with van der Waals surface area (Å²) in [6.07, 6.45) is 1.39. The summed E-state index contributed by atoms with van der Waals surface area (Å²) in [4.78, 5) is 22.6. The van der Waals surface area contributed by atoms with Crippen LogP contribution in [-0.2, 0) is 7.05 Å². The van der Waals surface area contributed by atoms with Crippen molar-refractivity contribution in [3.05, 3.63) is 80.5 Å². The first-order valence-corrected chi connectivity index (χ1v) is 8.66. The van der Waals surface area contributed by atoms with E-state index in [4.69, 9.17) is 9.47 Å². The third kappa shape index (κ3) is 4.12. The first-order valence-electron chi connectivity index (χ1n) is 8.66. The molecule has 0 atom stereocenters. The third-order valence-electron chi connectivity index (χ3n) is 4.14. The lowest BCUT2D eigenvalue weighted by atomic mass is 10.0. The summed E-state index contributed by atoms with van der Waals surface area (Å²) in [5.74, 6) is -4.79. The molecule has 0 saturated heterocycles. The van der Waals surface area contributed by atoms with Gasteiger partial charge in [0.2, 0.25) is 0 Å². The number of halogens is 3. The molecule has 7 nitrogen and oxygen atoms in total. The van der Waals surface area contributed by atoms with Crippen molar-refractivity contribution in [3.8, 4) is 28.4 Å². The van der Waals surface area contributed by atoms with E-state index in [1.54, 1.807) is 6.92 Å². The summed E-state index contributed by atoms with van der Waals surface area (Å²) >= 11 is 0. The van der Waals surface area contributed by atoms with Gasteiger partial charge in [0.15, 0.2) is 17.5 Å². The largest absolute Gasteiger partial charge is 0.493 e. The Hall–Kier alpha value is -3.82. The smallest absolute Gasteiger partial charge is 0.270 e. The van der Waals surface area contributed by atoms with Gasteiger partial charge in [0.05, 0.1) is 11.5 Å². The maximum atomic E-state index is 13.6. The second-order valence-corrected chi connectivity index (χ2v) is 6.17. The summed E-state index contributed by atoms with van der Waals surface area (Å²) in [6.45, 7) is 1.90. The van der Waals surface area contributed by atoms with Gasteiger partial charge >= 0.3 is 0 Å². The van der Waals surface area contributed by atoms with E-state index in [1.165, 1.54) is 36.0 Å². The number of aromatic nitrogens is 1. The van der Waals surface area contributed by atoms with Crippen LogP contribution in [0.5, 0.6) is 17.2 Å². The molecule has 0 unspecified atom stereocenters. The molecule has 0 amide bonds. The Labute approximate surface area is 168 Å². The monoisotopic (exact) mass is 420 g/mol. The Kier molecular flexibility index (Phi) is 5.77. The van der Waals surface area contributed by atoms with Gasteiger partial charge in [-0.05, 0) is 13.0 Å². The summed E-state index contributed by atoms with van der Waals surface area (Å²) in [7, 11) is 1.48. The number of nitro benzene ring substituents is 1. The van der Waals surface area contributed by atoms with Crippen LogP contribution in [0.4, 0.5) is 18.9 Å².